The van der Waals surface area contributed by atoms with Crippen molar-refractivity contribution in [1.82, 2.24) is 9.97 Å². The lowest BCUT2D eigenvalue weighted by Crippen LogP contribution is -2.04. The van der Waals surface area contributed by atoms with Crippen LogP contribution in [0.4, 0.5) is 0 Å². The lowest BCUT2D eigenvalue weighted by molar-refractivity contribution is 0.0688. The van der Waals surface area contributed by atoms with Gasteiger partial charge < -0.3 is 9.84 Å². The molecule has 0 aliphatic rings. The average Bonchev–Trinajstić information content (AvgIpc) is 2.38. The lowest BCUT2D eigenvalue weighted by Gasteiger charge is -2.05. The number of hydrogen-bond acceptors (Lipinski definition) is 4. The van der Waals surface area contributed by atoms with Gasteiger partial charge in [0.2, 0.25) is 5.88 Å². The summed E-state index contributed by atoms with van der Waals surface area (Å²) in [6, 6.07) is 7.60. The summed E-state index contributed by atoms with van der Waals surface area (Å²) in [5, 5.41) is 8.76. The van der Waals surface area contributed by atoms with Gasteiger partial charge in [0.05, 0.1) is 12.4 Å². The minimum Gasteiger partial charge on any atom is -0.476 e. The van der Waals surface area contributed by atoms with Crippen LogP contribution < -0.4 is 4.74 Å². The first kappa shape index (κ1) is 12.5. The molecule has 18 heavy (non-hydrogen) atoms. The number of carboxylic acid groups (broad SMARTS) is 1. The number of rotatable bonds is 4. The number of aromatic nitrogens is 2. The third kappa shape index (κ3) is 3.27. The maximum absolute atomic E-state index is 10.7. The first-order chi connectivity index (χ1) is 8.65. The standard InChI is InChI=1S/C12H9BrN2O3/c13-9-3-1-8(2-4-9)7-18-11-6-14-5-10(15-11)12(16)17/h1-6H,7H2,(H,16,17). The summed E-state index contributed by atoms with van der Waals surface area (Å²) in [7, 11) is 0. The number of hydrogen-bond donors (Lipinski definition) is 1. The molecular weight excluding hydrogens is 300 g/mol. The number of benzene rings is 1. The second kappa shape index (κ2) is 5.59. The Kier molecular flexibility index (Phi) is 3.88. The molecule has 0 amide bonds. The average molecular weight is 309 g/mol. The normalized spacial score (nSPS) is 10.1. The Morgan fingerprint density at radius 3 is 2.67 bits per heavy atom. The van der Waals surface area contributed by atoms with E-state index in [1.807, 2.05) is 24.3 Å². The SMILES string of the molecule is O=C(O)c1cncc(OCc2ccc(Br)cc2)n1. The number of carbonyl (C=O) groups is 1. The quantitative estimate of drug-likeness (QED) is 0.939. The van der Waals surface area contributed by atoms with E-state index in [1.54, 1.807) is 0 Å². The van der Waals surface area contributed by atoms with Gasteiger partial charge in [-0.3, -0.25) is 4.98 Å². The summed E-state index contributed by atoms with van der Waals surface area (Å²) in [4.78, 5) is 18.3. The predicted octanol–water partition coefficient (Wildman–Crippen LogP) is 2.52. The summed E-state index contributed by atoms with van der Waals surface area (Å²) in [6.45, 7) is 0.311. The van der Waals surface area contributed by atoms with Crippen molar-refractivity contribution in [2.45, 2.75) is 6.61 Å². The number of halogens is 1. The number of ether oxygens (including phenoxy) is 1. The van der Waals surface area contributed by atoms with E-state index >= 15 is 0 Å². The van der Waals surface area contributed by atoms with E-state index < -0.39 is 5.97 Å². The maximum Gasteiger partial charge on any atom is 0.356 e. The first-order valence-electron chi connectivity index (χ1n) is 5.08. The van der Waals surface area contributed by atoms with Crippen molar-refractivity contribution in [2.24, 2.45) is 0 Å². The molecule has 5 nitrogen and oxygen atoms in total. The molecule has 2 aromatic rings. The van der Waals surface area contributed by atoms with Gasteiger partial charge >= 0.3 is 5.97 Å². The monoisotopic (exact) mass is 308 g/mol. The molecule has 0 fully saturated rings. The van der Waals surface area contributed by atoms with Crippen LogP contribution in [0.15, 0.2) is 41.1 Å². The highest BCUT2D eigenvalue weighted by Crippen LogP contribution is 2.13. The maximum atomic E-state index is 10.7. The van der Waals surface area contributed by atoms with Crippen LogP contribution in [0.5, 0.6) is 5.88 Å². The van der Waals surface area contributed by atoms with Crippen LogP contribution >= 0.6 is 15.9 Å². The second-order valence-electron chi connectivity index (χ2n) is 3.46. The smallest absolute Gasteiger partial charge is 0.356 e. The van der Waals surface area contributed by atoms with E-state index in [2.05, 4.69) is 25.9 Å². The third-order valence-electron chi connectivity index (χ3n) is 2.13. The Balaban J connectivity index is 2.04. The fourth-order valence-electron chi connectivity index (χ4n) is 1.26. The van der Waals surface area contributed by atoms with Gasteiger partial charge in [0.25, 0.3) is 0 Å². The van der Waals surface area contributed by atoms with Crippen molar-refractivity contribution in [3.8, 4) is 5.88 Å². The van der Waals surface area contributed by atoms with Crippen LogP contribution in [0.2, 0.25) is 0 Å². The number of nitrogens with zero attached hydrogens (tertiary/aromatic N) is 2. The van der Waals surface area contributed by atoms with Crippen LogP contribution in [-0.2, 0) is 6.61 Å². The molecule has 0 unspecified atom stereocenters. The van der Waals surface area contributed by atoms with Gasteiger partial charge in [0.1, 0.15) is 6.61 Å². The van der Waals surface area contributed by atoms with Gasteiger partial charge in [-0.15, -0.1) is 0 Å². The molecule has 0 atom stereocenters. The molecule has 1 N–H and O–H groups in total. The highest BCUT2D eigenvalue weighted by Gasteiger charge is 2.06. The molecule has 0 aliphatic heterocycles. The van der Waals surface area contributed by atoms with Crippen LogP contribution in [0.3, 0.4) is 0 Å². The molecule has 1 heterocycles. The van der Waals surface area contributed by atoms with Crippen molar-refractivity contribution in [3.63, 3.8) is 0 Å². The van der Waals surface area contributed by atoms with E-state index in [4.69, 9.17) is 9.84 Å². The largest absolute Gasteiger partial charge is 0.476 e. The Morgan fingerprint density at radius 1 is 1.28 bits per heavy atom. The minimum absolute atomic E-state index is 0.136. The van der Waals surface area contributed by atoms with Crippen molar-refractivity contribution in [1.29, 1.82) is 0 Å². The molecule has 1 aromatic carbocycles. The van der Waals surface area contributed by atoms with E-state index in [0.717, 1.165) is 10.0 Å². The van der Waals surface area contributed by atoms with Gasteiger partial charge in [0.15, 0.2) is 5.69 Å². The summed E-state index contributed by atoms with van der Waals surface area (Å²) in [5.74, 6) is -0.936. The highest BCUT2D eigenvalue weighted by molar-refractivity contribution is 9.10. The zero-order valence-corrected chi connectivity index (χ0v) is 10.8. The Labute approximate surface area is 112 Å². The van der Waals surface area contributed by atoms with Gasteiger partial charge in [-0.25, -0.2) is 9.78 Å². The molecule has 0 radical (unpaired) electrons. The zero-order valence-electron chi connectivity index (χ0n) is 9.21. The highest BCUT2D eigenvalue weighted by atomic mass is 79.9. The molecule has 92 valence electrons. The fraction of sp³-hybridized carbons (Fsp3) is 0.0833. The zero-order chi connectivity index (χ0) is 13.0. The molecular formula is C12H9BrN2O3. The second-order valence-corrected chi connectivity index (χ2v) is 4.38. The van der Waals surface area contributed by atoms with E-state index in [9.17, 15) is 4.79 Å². The van der Waals surface area contributed by atoms with Gasteiger partial charge in [-0.2, -0.15) is 0 Å². The fourth-order valence-corrected chi connectivity index (χ4v) is 1.52. The van der Waals surface area contributed by atoms with Crippen molar-refractivity contribution >= 4 is 21.9 Å². The molecule has 0 saturated heterocycles. The third-order valence-corrected chi connectivity index (χ3v) is 2.66. The van der Waals surface area contributed by atoms with E-state index in [0.29, 0.717) is 6.61 Å². The Bertz CT molecular complexity index is 558. The molecule has 2 rings (SSSR count). The van der Waals surface area contributed by atoms with Crippen LogP contribution in [0.1, 0.15) is 16.1 Å². The van der Waals surface area contributed by atoms with E-state index in [-0.39, 0.29) is 11.6 Å². The summed E-state index contributed by atoms with van der Waals surface area (Å²) < 4.78 is 6.36. The molecule has 0 saturated carbocycles. The first-order valence-corrected chi connectivity index (χ1v) is 5.87. The molecule has 0 spiro atoms. The summed E-state index contributed by atoms with van der Waals surface area (Å²) >= 11 is 3.34. The topological polar surface area (TPSA) is 72.3 Å². The van der Waals surface area contributed by atoms with Gasteiger partial charge in [-0.1, -0.05) is 28.1 Å². The molecule has 0 bridgehead atoms. The molecule has 0 aliphatic carbocycles. The molecule has 1 aromatic heterocycles. The van der Waals surface area contributed by atoms with Crippen molar-refractivity contribution in [3.05, 3.63) is 52.4 Å². The van der Waals surface area contributed by atoms with Crippen LogP contribution in [0.25, 0.3) is 0 Å². The van der Waals surface area contributed by atoms with Crippen molar-refractivity contribution < 1.29 is 14.6 Å². The predicted molar refractivity (Wildman–Crippen MR) is 67.5 cm³/mol. The summed E-state index contributed by atoms with van der Waals surface area (Å²) in [6.07, 6.45) is 2.56. The van der Waals surface area contributed by atoms with Crippen LogP contribution in [-0.4, -0.2) is 21.0 Å². The molecule has 6 heteroatoms. The van der Waals surface area contributed by atoms with Gasteiger partial charge in [-0.05, 0) is 17.7 Å². The van der Waals surface area contributed by atoms with Gasteiger partial charge in [0, 0.05) is 4.47 Å². The summed E-state index contributed by atoms with van der Waals surface area (Å²) in [5.41, 5.74) is 0.823. The lowest BCUT2D eigenvalue weighted by atomic mass is 10.2. The Hall–Kier alpha value is -1.95. The van der Waals surface area contributed by atoms with E-state index in [1.165, 1.54) is 12.4 Å². The van der Waals surface area contributed by atoms with Crippen molar-refractivity contribution in [2.75, 3.05) is 0 Å². The number of carboxylic acids is 1. The van der Waals surface area contributed by atoms with Crippen LogP contribution in [0, 0.1) is 0 Å². The minimum atomic E-state index is -1.13. The number of aromatic carboxylic acids is 1. The Morgan fingerprint density at radius 2 is 2.00 bits per heavy atom.